The maximum absolute atomic E-state index is 6.47. The molecular weight excluding hydrogens is 298 g/mol. The molecule has 0 aromatic heterocycles. The summed E-state index contributed by atoms with van der Waals surface area (Å²) in [6, 6.07) is 19.4. The average Bonchev–Trinajstić information content (AvgIpc) is 2.64. The van der Waals surface area contributed by atoms with E-state index < -0.39 is 0 Å². The van der Waals surface area contributed by atoms with Gasteiger partial charge in [0, 0.05) is 12.5 Å². The fourth-order valence-electron chi connectivity index (χ4n) is 3.16. The van der Waals surface area contributed by atoms with E-state index in [4.69, 9.17) is 9.40 Å². The normalized spacial score (nSPS) is 20.7. The van der Waals surface area contributed by atoms with Gasteiger partial charge in [0.05, 0.1) is 19.0 Å². The SMILES string of the molecule is COc1ccc([C@@H]2CCNC[C@H]2c2ccccc2)cc1.OCl. The van der Waals surface area contributed by atoms with Gasteiger partial charge in [-0.25, -0.2) is 0 Å². The van der Waals surface area contributed by atoms with Crippen molar-refractivity contribution in [2.75, 3.05) is 20.2 Å². The predicted octanol–water partition coefficient (Wildman–Crippen LogP) is 3.69. The standard InChI is InChI=1S/C18H21NO.ClHO/c1-20-16-9-7-15(8-10-16)17-11-12-19-13-18(17)14-5-3-2-4-6-14;1-2/h2-10,17-19H,11-13H2,1H3;2H/t17-,18-;/m0./s1. The molecular formula is C18H22ClNO2. The maximum atomic E-state index is 6.47. The highest BCUT2D eigenvalue weighted by Gasteiger charge is 2.27. The third-order valence-corrected chi connectivity index (χ3v) is 4.25. The van der Waals surface area contributed by atoms with Gasteiger partial charge in [0.25, 0.3) is 0 Å². The van der Waals surface area contributed by atoms with Crippen LogP contribution in [-0.4, -0.2) is 24.9 Å². The summed E-state index contributed by atoms with van der Waals surface area (Å²) in [5.41, 5.74) is 2.85. The molecule has 0 amide bonds. The molecule has 2 N–H and O–H groups in total. The van der Waals surface area contributed by atoms with Crippen molar-refractivity contribution in [3.05, 3.63) is 65.7 Å². The van der Waals surface area contributed by atoms with Crippen LogP contribution in [0.25, 0.3) is 0 Å². The molecule has 1 heterocycles. The zero-order valence-electron chi connectivity index (χ0n) is 12.7. The van der Waals surface area contributed by atoms with Crippen molar-refractivity contribution in [2.45, 2.75) is 18.3 Å². The number of hydrogen-bond acceptors (Lipinski definition) is 3. The van der Waals surface area contributed by atoms with E-state index in [0.717, 1.165) is 18.8 Å². The molecule has 0 unspecified atom stereocenters. The number of halogens is 1. The number of hydrogen-bond donors (Lipinski definition) is 2. The van der Waals surface area contributed by atoms with Crippen LogP contribution in [0.2, 0.25) is 0 Å². The lowest BCUT2D eigenvalue weighted by Gasteiger charge is -2.33. The van der Waals surface area contributed by atoms with Crippen molar-refractivity contribution in [3.63, 3.8) is 0 Å². The quantitative estimate of drug-likeness (QED) is 0.906. The Kier molecular flexibility index (Phi) is 6.72. The lowest BCUT2D eigenvalue weighted by molar-refractivity contribution is 0.401. The monoisotopic (exact) mass is 319 g/mol. The third kappa shape index (κ3) is 4.01. The highest BCUT2D eigenvalue weighted by atomic mass is 35.5. The van der Waals surface area contributed by atoms with Crippen LogP contribution in [0.5, 0.6) is 5.75 Å². The number of benzene rings is 2. The predicted molar refractivity (Wildman–Crippen MR) is 90.5 cm³/mol. The molecule has 1 saturated heterocycles. The lowest BCUT2D eigenvalue weighted by atomic mass is 9.77. The van der Waals surface area contributed by atoms with E-state index in [1.54, 1.807) is 7.11 Å². The Balaban J connectivity index is 0.000000847. The van der Waals surface area contributed by atoms with Crippen molar-refractivity contribution >= 4 is 11.9 Å². The van der Waals surface area contributed by atoms with Gasteiger partial charge >= 0.3 is 0 Å². The summed E-state index contributed by atoms with van der Waals surface area (Å²) in [5, 5.41) is 3.53. The first-order chi connectivity index (χ1) is 10.9. The summed E-state index contributed by atoms with van der Waals surface area (Å²) in [5.74, 6) is 2.07. The molecule has 0 spiro atoms. The summed E-state index contributed by atoms with van der Waals surface area (Å²) < 4.78 is 11.7. The molecule has 4 heteroatoms. The van der Waals surface area contributed by atoms with Gasteiger partial charge in [-0.15, -0.1) is 0 Å². The molecule has 3 rings (SSSR count). The Morgan fingerprint density at radius 2 is 1.59 bits per heavy atom. The van der Waals surface area contributed by atoms with Crippen LogP contribution in [0.1, 0.15) is 29.4 Å². The number of nitrogens with one attached hydrogen (secondary N) is 1. The molecule has 0 radical (unpaired) electrons. The van der Waals surface area contributed by atoms with E-state index in [2.05, 4.69) is 71.8 Å². The smallest absolute Gasteiger partial charge is 0.118 e. The Labute approximate surface area is 137 Å². The fraction of sp³-hybridized carbons (Fsp3) is 0.333. The average molecular weight is 320 g/mol. The Bertz CT molecular complexity index is 545. The second kappa shape index (κ2) is 8.79. The molecule has 22 heavy (non-hydrogen) atoms. The molecule has 0 aliphatic carbocycles. The van der Waals surface area contributed by atoms with Gasteiger partial charge in [0.2, 0.25) is 0 Å². The van der Waals surface area contributed by atoms with Crippen LogP contribution in [0.15, 0.2) is 54.6 Å². The fourth-order valence-corrected chi connectivity index (χ4v) is 3.16. The first-order valence-corrected chi connectivity index (χ1v) is 7.79. The van der Waals surface area contributed by atoms with Crippen molar-refractivity contribution in [2.24, 2.45) is 0 Å². The molecule has 3 nitrogen and oxygen atoms in total. The van der Waals surface area contributed by atoms with E-state index in [0.29, 0.717) is 11.8 Å². The minimum Gasteiger partial charge on any atom is -0.497 e. The van der Waals surface area contributed by atoms with Gasteiger partial charge in [0.15, 0.2) is 0 Å². The Morgan fingerprint density at radius 1 is 0.955 bits per heavy atom. The van der Waals surface area contributed by atoms with E-state index >= 15 is 0 Å². The number of methoxy groups -OCH3 is 1. The van der Waals surface area contributed by atoms with Crippen LogP contribution in [-0.2, 0) is 0 Å². The van der Waals surface area contributed by atoms with E-state index in [-0.39, 0.29) is 0 Å². The number of ether oxygens (including phenoxy) is 1. The highest BCUT2D eigenvalue weighted by Crippen LogP contribution is 2.37. The third-order valence-electron chi connectivity index (χ3n) is 4.25. The van der Waals surface area contributed by atoms with E-state index in [9.17, 15) is 0 Å². The van der Waals surface area contributed by atoms with Crippen LogP contribution < -0.4 is 10.1 Å². The van der Waals surface area contributed by atoms with Gasteiger partial charge < -0.3 is 10.1 Å². The van der Waals surface area contributed by atoms with Gasteiger partial charge in [-0.05, 0) is 42.1 Å². The van der Waals surface area contributed by atoms with E-state index in [1.165, 1.54) is 17.5 Å². The van der Waals surface area contributed by atoms with Gasteiger partial charge in [-0.3, -0.25) is 4.66 Å². The van der Waals surface area contributed by atoms with Gasteiger partial charge in [-0.1, -0.05) is 42.5 Å². The zero-order chi connectivity index (χ0) is 15.8. The molecule has 2 aromatic rings. The van der Waals surface area contributed by atoms with Crippen molar-refractivity contribution in [1.82, 2.24) is 5.32 Å². The first kappa shape index (κ1) is 16.8. The second-order valence-electron chi connectivity index (χ2n) is 5.39. The zero-order valence-corrected chi connectivity index (χ0v) is 13.5. The molecule has 1 aliphatic rings. The van der Waals surface area contributed by atoms with E-state index in [1.807, 2.05) is 0 Å². The summed E-state index contributed by atoms with van der Waals surface area (Å²) >= 11 is 3.64. The molecule has 1 fully saturated rings. The minimum atomic E-state index is 0.554. The summed E-state index contributed by atoms with van der Waals surface area (Å²) in [6.07, 6.45) is 1.19. The van der Waals surface area contributed by atoms with Crippen molar-refractivity contribution < 1.29 is 9.40 Å². The molecule has 118 valence electrons. The molecule has 1 aliphatic heterocycles. The highest BCUT2D eigenvalue weighted by molar-refractivity contribution is 6.04. The van der Waals surface area contributed by atoms with Gasteiger partial charge in [-0.2, -0.15) is 0 Å². The summed E-state index contributed by atoms with van der Waals surface area (Å²) in [7, 11) is 1.71. The van der Waals surface area contributed by atoms with Crippen LogP contribution in [0, 0.1) is 0 Å². The Morgan fingerprint density at radius 3 is 2.23 bits per heavy atom. The summed E-state index contributed by atoms with van der Waals surface area (Å²) in [6.45, 7) is 2.15. The van der Waals surface area contributed by atoms with Crippen molar-refractivity contribution in [3.8, 4) is 5.75 Å². The largest absolute Gasteiger partial charge is 0.497 e. The second-order valence-corrected chi connectivity index (χ2v) is 5.39. The number of piperidine rings is 1. The summed E-state index contributed by atoms with van der Waals surface area (Å²) in [4.78, 5) is 0. The van der Waals surface area contributed by atoms with Crippen LogP contribution in [0.3, 0.4) is 0 Å². The molecule has 2 aromatic carbocycles. The first-order valence-electron chi connectivity index (χ1n) is 7.45. The number of rotatable bonds is 3. The molecule has 2 atom stereocenters. The van der Waals surface area contributed by atoms with Gasteiger partial charge in [0.1, 0.15) is 5.75 Å². The van der Waals surface area contributed by atoms with Crippen LogP contribution >= 0.6 is 11.9 Å². The van der Waals surface area contributed by atoms with Crippen molar-refractivity contribution in [1.29, 1.82) is 0 Å². The molecule has 0 saturated carbocycles. The lowest BCUT2D eigenvalue weighted by Crippen LogP contribution is -2.33. The topological polar surface area (TPSA) is 41.5 Å². The maximum Gasteiger partial charge on any atom is 0.118 e. The van der Waals surface area contributed by atoms with Crippen LogP contribution in [0.4, 0.5) is 0 Å². The Hall–Kier alpha value is -1.55. The minimum absolute atomic E-state index is 0.554. The molecule has 0 bridgehead atoms.